The highest BCUT2D eigenvalue weighted by molar-refractivity contribution is 6.76. The van der Waals surface area contributed by atoms with Crippen LogP contribution >= 0.6 is 0 Å². The molecule has 146 valence electrons. The summed E-state index contributed by atoms with van der Waals surface area (Å²) in [4.78, 5) is 0. The lowest BCUT2D eigenvalue weighted by Gasteiger charge is -2.48. The zero-order valence-electron chi connectivity index (χ0n) is 17.6. The van der Waals surface area contributed by atoms with Crippen LogP contribution in [0.4, 0.5) is 0 Å². The molecule has 1 aliphatic heterocycles. The van der Waals surface area contributed by atoms with Crippen molar-refractivity contribution in [3.05, 3.63) is 66.3 Å². The Balaban J connectivity index is 2.05. The largest absolute Gasteiger partial charge is 0.410 e. The summed E-state index contributed by atoms with van der Waals surface area (Å²) in [5, 5.41) is 0. The fourth-order valence-electron chi connectivity index (χ4n) is 5.33. The number of hydrogen-bond acceptors (Lipinski definition) is 1. The SMILES string of the molecule is C=CCCCC1O[Si](C(C)C)(C(C)C)CC2CC(=C)C(c3ccccc3)=C21. The zero-order valence-corrected chi connectivity index (χ0v) is 18.6. The lowest BCUT2D eigenvalue weighted by molar-refractivity contribution is 0.167. The van der Waals surface area contributed by atoms with Crippen molar-refractivity contribution in [1.82, 2.24) is 0 Å². The van der Waals surface area contributed by atoms with Crippen LogP contribution in [0.3, 0.4) is 0 Å². The third kappa shape index (κ3) is 3.79. The van der Waals surface area contributed by atoms with Crippen molar-refractivity contribution in [2.45, 2.75) is 76.6 Å². The number of rotatable bonds is 7. The van der Waals surface area contributed by atoms with Crippen LogP contribution in [0.1, 0.15) is 58.9 Å². The van der Waals surface area contributed by atoms with E-state index in [4.69, 9.17) is 4.43 Å². The minimum atomic E-state index is -1.81. The molecule has 0 spiro atoms. The Morgan fingerprint density at radius 3 is 2.41 bits per heavy atom. The van der Waals surface area contributed by atoms with Crippen LogP contribution in [0.2, 0.25) is 17.1 Å². The molecule has 1 heterocycles. The predicted molar refractivity (Wildman–Crippen MR) is 120 cm³/mol. The van der Waals surface area contributed by atoms with Gasteiger partial charge in [-0.25, -0.2) is 0 Å². The van der Waals surface area contributed by atoms with E-state index in [-0.39, 0.29) is 6.10 Å². The third-order valence-electron chi connectivity index (χ3n) is 6.74. The Bertz CT molecular complexity index is 705. The molecular formula is C25H36OSi. The number of fused-ring (bicyclic) bond motifs is 1. The first-order chi connectivity index (χ1) is 12.9. The molecule has 0 N–H and O–H groups in total. The molecule has 0 amide bonds. The predicted octanol–water partition coefficient (Wildman–Crippen LogP) is 7.54. The molecule has 3 rings (SSSR count). The fourth-order valence-corrected chi connectivity index (χ4v) is 10.2. The molecule has 1 aliphatic carbocycles. The van der Waals surface area contributed by atoms with Gasteiger partial charge in [0.05, 0.1) is 6.10 Å². The van der Waals surface area contributed by atoms with Crippen molar-refractivity contribution in [1.29, 1.82) is 0 Å². The summed E-state index contributed by atoms with van der Waals surface area (Å²) >= 11 is 0. The average molecular weight is 381 g/mol. The van der Waals surface area contributed by atoms with Gasteiger partial charge in [0, 0.05) is 0 Å². The Morgan fingerprint density at radius 1 is 1.15 bits per heavy atom. The van der Waals surface area contributed by atoms with E-state index in [9.17, 15) is 0 Å². The highest BCUT2D eigenvalue weighted by atomic mass is 28.4. The molecule has 1 nitrogen and oxygen atoms in total. The minimum Gasteiger partial charge on any atom is -0.410 e. The molecule has 1 fully saturated rings. The van der Waals surface area contributed by atoms with Gasteiger partial charge < -0.3 is 4.43 Å². The summed E-state index contributed by atoms with van der Waals surface area (Å²) in [7, 11) is -1.81. The lowest BCUT2D eigenvalue weighted by atomic mass is 9.91. The van der Waals surface area contributed by atoms with Crippen LogP contribution < -0.4 is 0 Å². The van der Waals surface area contributed by atoms with Crippen molar-refractivity contribution in [2.24, 2.45) is 5.92 Å². The van der Waals surface area contributed by atoms with Gasteiger partial charge in [-0.15, -0.1) is 6.58 Å². The van der Waals surface area contributed by atoms with Gasteiger partial charge in [-0.1, -0.05) is 70.7 Å². The Kier molecular flexibility index (Phi) is 6.27. The first-order valence-corrected chi connectivity index (χ1v) is 12.9. The Labute approximate surface area is 167 Å². The second-order valence-electron chi connectivity index (χ2n) is 9.00. The van der Waals surface area contributed by atoms with E-state index >= 15 is 0 Å². The van der Waals surface area contributed by atoms with Gasteiger partial charge in [0.2, 0.25) is 0 Å². The van der Waals surface area contributed by atoms with Crippen molar-refractivity contribution in [3.63, 3.8) is 0 Å². The van der Waals surface area contributed by atoms with Gasteiger partial charge in [-0.3, -0.25) is 0 Å². The quantitative estimate of drug-likeness (QED) is 0.270. The summed E-state index contributed by atoms with van der Waals surface area (Å²) < 4.78 is 7.16. The Morgan fingerprint density at radius 2 is 1.81 bits per heavy atom. The molecule has 0 radical (unpaired) electrons. The molecule has 1 saturated heterocycles. The molecule has 2 aliphatic rings. The van der Waals surface area contributed by atoms with Crippen LogP contribution in [0.15, 0.2) is 60.7 Å². The van der Waals surface area contributed by atoms with Crippen LogP contribution in [0, 0.1) is 5.92 Å². The molecule has 0 aromatic heterocycles. The maximum atomic E-state index is 7.16. The van der Waals surface area contributed by atoms with Gasteiger partial charge in [0.25, 0.3) is 0 Å². The number of benzene rings is 1. The summed E-state index contributed by atoms with van der Waals surface area (Å²) in [6.07, 6.45) is 6.74. The molecule has 2 atom stereocenters. The molecule has 0 saturated carbocycles. The van der Waals surface area contributed by atoms with E-state index in [1.807, 2.05) is 6.08 Å². The van der Waals surface area contributed by atoms with Crippen LogP contribution in [0.5, 0.6) is 0 Å². The monoisotopic (exact) mass is 380 g/mol. The number of allylic oxidation sites excluding steroid dienone is 3. The summed E-state index contributed by atoms with van der Waals surface area (Å²) in [6, 6.07) is 12.1. The second-order valence-corrected chi connectivity index (χ2v) is 13.9. The highest BCUT2D eigenvalue weighted by Gasteiger charge is 2.52. The first kappa shape index (κ1) is 20.4. The Hall–Kier alpha value is -1.38. The first-order valence-electron chi connectivity index (χ1n) is 10.7. The standard InChI is InChI=1S/C25H36OSi/c1-7-8-10-15-23-25-22(17-27(26-23,18(2)3)19(4)5)16-20(6)24(25)21-13-11-9-12-14-21/h7,9,11-14,18-19,22-23H,1,6,8,10,15-17H2,2-5H3. The number of unbranched alkanes of at least 4 members (excludes halogenated alkanes) is 1. The summed E-state index contributed by atoms with van der Waals surface area (Å²) in [5.41, 5.74) is 6.89. The normalized spacial score (nSPS) is 24.6. The molecule has 1 aromatic carbocycles. The van der Waals surface area contributed by atoms with Crippen molar-refractivity contribution in [2.75, 3.05) is 0 Å². The zero-order chi connectivity index (χ0) is 19.6. The summed E-state index contributed by atoms with van der Waals surface area (Å²) in [5.74, 6) is 0.631. The van der Waals surface area contributed by atoms with Crippen molar-refractivity contribution in [3.8, 4) is 0 Å². The van der Waals surface area contributed by atoms with E-state index in [1.165, 1.54) is 22.8 Å². The van der Waals surface area contributed by atoms with Crippen LogP contribution in [-0.4, -0.2) is 14.4 Å². The molecular weight excluding hydrogens is 344 g/mol. The van der Waals surface area contributed by atoms with Gasteiger partial charge in [0.15, 0.2) is 8.32 Å². The number of hydrogen-bond donors (Lipinski definition) is 0. The van der Waals surface area contributed by atoms with Crippen LogP contribution in [-0.2, 0) is 4.43 Å². The van der Waals surface area contributed by atoms with E-state index in [0.29, 0.717) is 17.0 Å². The van der Waals surface area contributed by atoms with Crippen molar-refractivity contribution < 1.29 is 4.43 Å². The molecule has 2 heteroatoms. The third-order valence-corrected chi connectivity index (χ3v) is 12.5. The van der Waals surface area contributed by atoms with Gasteiger partial charge >= 0.3 is 0 Å². The molecule has 0 bridgehead atoms. The highest BCUT2D eigenvalue weighted by Crippen LogP contribution is 2.55. The minimum absolute atomic E-state index is 0.259. The molecule has 2 unspecified atom stereocenters. The maximum absolute atomic E-state index is 7.16. The van der Waals surface area contributed by atoms with Gasteiger partial charge in [-0.2, -0.15) is 0 Å². The fraction of sp³-hybridized carbons (Fsp3) is 0.520. The average Bonchev–Trinajstić information content (AvgIpc) is 2.97. The topological polar surface area (TPSA) is 9.23 Å². The maximum Gasteiger partial charge on any atom is 0.199 e. The van der Waals surface area contributed by atoms with E-state index in [2.05, 4.69) is 71.2 Å². The van der Waals surface area contributed by atoms with Gasteiger partial charge in [-0.05, 0) is 71.0 Å². The smallest absolute Gasteiger partial charge is 0.199 e. The lowest BCUT2D eigenvalue weighted by Crippen LogP contribution is -2.53. The molecule has 1 aromatic rings. The van der Waals surface area contributed by atoms with Crippen LogP contribution in [0.25, 0.3) is 5.57 Å². The van der Waals surface area contributed by atoms with E-state index in [0.717, 1.165) is 25.7 Å². The van der Waals surface area contributed by atoms with Gasteiger partial charge in [0.1, 0.15) is 0 Å². The molecule has 27 heavy (non-hydrogen) atoms. The summed E-state index contributed by atoms with van der Waals surface area (Å²) in [6.45, 7) is 18.0. The van der Waals surface area contributed by atoms with E-state index < -0.39 is 8.32 Å². The van der Waals surface area contributed by atoms with E-state index in [1.54, 1.807) is 5.57 Å². The second kappa shape index (κ2) is 8.32. The van der Waals surface area contributed by atoms with Crippen molar-refractivity contribution >= 4 is 13.9 Å².